The van der Waals surface area contributed by atoms with Crippen LogP contribution in [0.15, 0.2) is 66.7 Å². The van der Waals surface area contributed by atoms with Crippen molar-refractivity contribution in [3.63, 3.8) is 0 Å². The summed E-state index contributed by atoms with van der Waals surface area (Å²) in [6.07, 6.45) is 5.03. The highest BCUT2D eigenvalue weighted by molar-refractivity contribution is 6.05. The van der Waals surface area contributed by atoms with Gasteiger partial charge < -0.3 is 20.3 Å². The van der Waals surface area contributed by atoms with E-state index in [2.05, 4.69) is 47.1 Å². The van der Waals surface area contributed by atoms with Crippen LogP contribution in [0, 0.1) is 6.92 Å². The number of imide groups is 1. The van der Waals surface area contributed by atoms with Crippen molar-refractivity contribution in [3.8, 4) is 5.75 Å². The van der Waals surface area contributed by atoms with E-state index in [9.17, 15) is 9.59 Å². The van der Waals surface area contributed by atoms with Crippen LogP contribution in [0.5, 0.6) is 5.75 Å². The number of benzene rings is 3. The van der Waals surface area contributed by atoms with E-state index in [4.69, 9.17) is 10.5 Å². The Bertz CT molecular complexity index is 1420. The van der Waals surface area contributed by atoms with E-state index in [0.717, 1.165) is 67.3 Å². The Hall–Kier alpha value is -4.04. The second-order valence-electron chi connectivity index (χ2n) is 12.2. The summed E-state index contributed by atoms with van der Waals surface area (Å²) in [4.78, 5) is 34.6. The van der Waals surface area contributed by atoms with Crippen LogP contribution in [0.2, 0.25) is 0 Å². The van der Waals surface area contributed by atoms with Gasteiger partial charge in [0, 0.05) is 49.2 Å². The Morgan fingerprint density at radius 3 is 2.19 bits per heavy atom. The van der Waals surface area contributed by atoms with Crippen molar-refractivity contribution in [1.82, 2.24) is 9.80 Å². The standard InChI is InChI=1S/C35H43N5O3/c1-25-23-28(27-13-18-37(19-14-27)31-15-20-38(21-16-31)30-8-6-29(36)7-9-30)5-12-33(25)39-22-17-34(41)40(35(39)42)24-26-3-10-32(43-2)11-4-26/h3-12,23,27,31H,13-22,24,36H2,1-2H3. The number of nitrogen functional groups attached to an aromatic ring is 1. The van der Waals surface area contributed by atoms with Crippen molar-refractivity contribution in [1.29, 1.82) is 0 Å². The first kappa shape index (κ1) is 29.1. The molecule has 3 heterocycles. The minimum atomic E-state index is -0.251. The van der Waals surface area contributed by atoms with Gasteiger partial charge in [0.2, 0.25) is 5.91 Å². The monoisotopic (exact) mass is 581 g/mol. The van der Waals surface area contributed by atoms with E-state index in [0.29, 0.717) is 24.9 Å². The summed E-state index contributed by atoms with van der Waals surface area (Å²) in [5.41, 5.74) is 12.2. The van der Waals surface area contributed by atoms with Gasteiger partial charge in [0.05, 0.1) is 13.7 Å². The Morgan fingerprint density at radius 1 is 0.837 bits per heavy atom. The van der Waals surface area contributed by atoms with Crippen LogP contribution in [0.3, 0.4) is 0 Å². The summed E-state index contributed by atoms with van der Waals surface area (Å²) < 4.78 is 5.23. The number of nitrogens with two attached hydrogens (primary N) is 1. The van der Waals surface area contributed by atoms with Crippen molar-refractivity contribution in [2.45, 2.75) is 57.5 Å². The molecule has 0 saturated carbocycles. The van der Waals surface area contributed by atoms with Gasteiger partial charge in [-0.25, -0.2) is 4.79 Å². The molecule has 226 valence electrons. The molecule has 0 spiro atoms. The average Bonchev–Trinajstić information content (AvgIpc) is 3.04. The number of likely N-dealkylation sites (tertiary alicyclic amines) is 1. The van der Waals surface area contributed by atoms with Crippen LogP contribution < -0.4 is 20.3 Å². The minimum Gasteiger partial charge on any atom is -0.497 e. The Labute approximate surface area is 255 Å². The number of methoxy groups -OCH3 is 1. The van der Waals surface area contributed by atoms with Crippen molar-refractivity contribution in [2.75, 3.05) is 55.4 Å². The molecule has 6 rings (SSSR count). The molecule has 0 radical (unpaired) electrons. The first-order valence-electron chi connectivity index (χ1n) is 15.6. The molecule has 8 nitrogen and oxygen atoms in total. The fourth-order valence-electron chi connectivity index (χ4n) is 6.99. The van der Waals surface area contributed by atoms with Gasteiger partial charge in [0.15, 0.2) is 0 Å². The third kappa shape index (κ3) is 6.34. The first-order valence-corrected chi connectivity index (χ1v) is 15.6. The quantitative estimate of drug-likeness (QED) is 0.356. The Morgan fingerprint density at radius 2 is 1.53 bits per heavy atom. The predicted octanol–water partition coefficient (Wildman–Crippen LogP) is 5.79. The van der Waals surface area contributed by atoms with Gasteiger partial charge in [-0.15, -0.1) is 0 Å². The fraction of sp³-hybridized carbons (Fsp3) is 0.429. The van der Waals surface area contributed by atoms with E-state index in [1.807, 2.05) is 36.4 Å². The van der Waals surface area contributed by atoms with Gasteiger partial charge in [0.25, 0.3) is 0 Å². The fourth-order valence-corrected chi connectivity index (χ4v) is 6.99. The van der Waals surface area contributed by atoms with Gasteiger partial charge in [-0.05, 0) is 111 Å². The number of urea groups is 1. The lowest BCUT2D eigenvalue weighted by Gasteiger charge is -2.42. The maximum absolute atomic E-state index is 13.5. The third-order valence-corrected chi connectivity index (χ3v) is 9.56. The van der Waals surface area contributed by atoms with Gasteiger partial charge >= 0.3 is 6.03 Å². The van der Waals surface area contributed by atoms with E-state index >= 15 is 0 Å². The molecule has 0 aliphatic carbocycles. The number of carbonyl (C=O) groups excluding carboxylic acids is 2. The van der Waals surface area contributed by atoms with E-state index < -0.39 is 0 Å². The lowest BCUT2D eigenvalue weighted by molar-refractivity contribution is -0.129. The zero-order valence-corrected chi connectivity index (χ0v) is 25.4. The van der Waals surface area contributed by atoms with Crippen LogP contribution in [-0.2, 0) is 11.3 Å². The van der Waals surface area contributed by atoms with Gasteiger partial charge in [-0.2, -0.15) is 0 Å². The third-order valence-electron chi connectivity index (χ3n) is 9.56. The molecular formula is C35H43N5O3. The number of nitrogens with zero attached hydrogens (tertiary/aromatic N) is 4. The number of piperidine rings is 2. The van der Waals surface area contributed by atoms with Crippen LogP contribution >= 0.6 is 0 Å². The summed E-state index contributed by atoms with van der Waals surface area (Å²) >= 11 is 0. The van der Waals surface area contributed by atoms with E-state index in [1.54, 1.807) is 12.0 Å². The lowest BCUT2D eigenvalue weighted by Crippen LogP contribution is -2.52. The molecule has 3 amide bonds. The molecule has 43 heavy (non-hydrogen) atoms. The molecule has 3 aliphatic rings. The highest BCUT2D eigenvalue weighted by Crippen LogP contribution is 2.34. The maximum atomic E-state index is 13.5. The van der Waals surface area contributed by atoms with Crippen LogP contribution in [-0.4, -0.2) is 67.6 Å². The van der Waals surface area contributed by atoms with Crippen LogP contribution in [0.1, 0.15) is 54.7 Å². The molecule has 2 N–H and O–H groups in total. The van der Waals surface area contributed by atoms with Crippen molar-refractivity contribution < 1.29 is 14.3 Å². The normalized spacial score (nSPS) is 19.3. The second kappa shape index (κ2) is 12.7. The summed E-state index contributed by atoms with van der Waals surface area (Å²) in [6.45, 7) is 7.19. The highest BCUT2D eigenvalue weighted by Gasteiger charge is 2.34. The zero-order valence-electron chi connectivity index (χ0n) is 25.4. The first-order chi connectivity index (χ1) is 20.9. The summed E-state index contributed by atoms with van der Waals surface area (Å²) in [5, 5.41) is 0. The van der Waals surface area contributed by atoms with E-state index in [-0.39, 0.29) is 18.5 Å². The van der Waals surface area contributed by atoms with E-state index in [1.165, 1.54) is 29.0 Å². The SMILES string of the molecule is COc1ccc(CN2C(=O)CCN(c3ccc(C4CCN(C5CCN(c6ccc(N)cc6)CC5)CC4)cc3C)C2=O)cc1. The number of anilines is 3. The van der Waals surface area contributed by atoms with Crippen molar-refractivity contribution in [3.05, 3.63) is 83.4 Å². The summed E-state index contributed by atoms with van der Waals surface area (Å²) in [6, 6.07) is 22.7. The highest BCUT2D eigenvalue weighted by atomic mass is 16.5. The van der Waals surface area contributed by atoms with Crippen LogP contribution in [0.4, 0.5) is 21.9 Å². The van der Waals surface area contributed by atoms with Gasteiger partial charge in [0.1, 0.15) is 5.75 Å². The van der Waals surface area contributed by atoms with Crippen molar-refractivity contribution in [2.24, 2.45) is 0 Å². The number of ether oxygens (including phenoxy) is 1. The number of hydrogen-bond donors (Lipinski definition) is 1. The molecule has 3 fully saturated rings. The molecule has 0 bridgehead atoms. The lowest BCUT2D eigenvalue weighted by atomic mass is 9.87. The molecule has 3 saturated heterocycles. The number of amides is 3. The summed E-state index contributed by atoms with van der Waals surface area (Å²) in [5.74, 6) is 1.15. The average molecular weight is 582 g/mol. The number of rotatable bonds is 7. The number of aryl methyl sites for hydroxylation is 1. The smallest absolute Gasteiger partial charge is 0.331 e. The zero-order chi connectivity index (χ0) is 29.9. The minimum absolute atomic E-state index is 0.131. The van der Waals surface area contributed by atoms with Gasteiger partial charge in [-0.1, -0.05) is 24.3 Å². The molecule has 0 atom stereocenters. The molecule has 0 unspecified atom stereocenters. The van der Waals surface area contributed by atoms with Gasteiger partial charge in [-0.3, -0.25) is 14.6 Å². The van der Waals surface area contributed by atoms with Crippen molar-refractivity contribution >= 4 is 29.0 Å². The topological polar surface area (TPSA) is 82.3 Å². The molecule has 0 aromatic heterocycles. The molecule has 3 aliphatic heterocycles. The molecular weight excluding hydrogens is 538 g/mol. The number of carbonyl (C=O) groups is 2. The largest absolute Gasteiger partial charge is 0.497 e. The molecule has 3 aromatic carbocycles. The molecule has 8 heteroatoms. The Kier molecular flexibility index (Phi) is 8.56. The maximum Gasteiger partial charge on any atom is 0.331 e. The number of hydrogen-bond acceptors (Lipinski definition) is 6. The van der Waals surface area contributed by atoms with Crippen LogP contribution in [0.25, 0.3) is 0 Å². The predicted molar refractivity (Wildman–Crippen MR) is 172 cm³/mol. The Balaban J connectivity index is 1.04. The second-order valence-corrected chi connectivity index (χ2v) is 12.2. The molecule has 3 aromatic rings. The summed E-state index contributed by atoms with van der Waals surface area (Å²) in [7, 11) is 1.62.